The molecule has 18 heavy (non-hydrogen) atoms. The van der Waals surface area contributed by atoms with Gasteiger partial charge in [-0.05, 0) is 43.5 Å². The Balaban J connectivity index is 2.49. The summed E-state index contributed by atoms with van der Waals surface area (Å²) in [6.07, 6.45) is -3.88. The molecule has 1 aliphatic heterocycles. The number of hydrogen-bond acceptors (Lipinski definition) is 1. The van der Waals surface area contributed by atoms with Crippen LogP contribution in [0.4, 0.5) is 22.0 Å². The molecule has 1 aromatic rings. The van der Waals surface area contributed by atoms with E-state index in [2.05, 4.69) is 5.32 Å². The Morgan fingerprint density at radius 1 is 1.06 bits per heavy atom. The molecule has 1 aromatic carbocycles. The minimum atomic E-state index is -4.87. The van der Waals surface area contributed by atoms with Crippen LogP contribution in [0, 0.1) is 11.6 Å². The maximum atomic E-state index is 13.4. The number of nitrogens with one attached hydrogen (secondary N) is 1. The Kier molecular flexibility index (Phi) is 3.56. The summed E-state index contributed by atoms with van der Waals surface area (Å²) in [6, 6.07) is 1.82. The third kappa shape index (κ3) is 2.48. The van der Waals surface area contributed by atoms with Gasteiger partial charge in [0.15, 0.2) is 11.6 Å². The first-order valence-corrected chi connectivity index (χ1v) is 5.67. The van der Waals surface area contributed by atoms with Crippen molar-refractivity contribution >= 4 is 0 Å². The number of piperidine rings is 1. The van der Waals surface area contributed by atoms with E-state index in [0.717, 1.165) is 12.1 Å². The number of alkyl halides is 3. The predicted octanol–water partition coefficient (Wildman–Crippen LogP) is 3.45. The zero-order valence-electron chi connectivity index (χ0n) is 9.45. The van der Waals surface area contributed by atoms with E-state index >= 15 is 0 Å². The van der Waals surface area contributed by atoms with E-state index < -0.39 is 23.4 Å². The number of halogens is 5. The summed E-state index contributed by atoms with van der Waals surface area (Å²) in [7, 11) is 0. The normalized spacial score (nSPS) is 18.1. The van der Waals surface area contributed by atoms with Crippen molar-refractivity contribution in [2.75, 3.05) is 13.1 Å². The fraction of sp³-hybridized carbons (Fsp3) is 0.500. The second kappa shape index (κ2) is 4.84. The van der Waals surface area contributed by atoms with Gasteiger partial charge in [0.2, 0.25) is 0 Å². The van der Waals surface area contributed by atoms with E-state index in [-0.39, 0.29) is 11.5 Å². The molecule has 0 amide bonds. The molecule has 2 rings (SSSR count). The molecule has 0 unspecified atom stereocenters. The maximum Gasteiger partial charge on any atom is 0.419 e. The molecule has 1 N–H and O–H groups in total. The van der Waals surface area contributed by atoms with Crippen LogP contribution in [0.2, 0.25) is 0 Å². The molecule has 100 valence electrons. The van der Waals surface area contributed by atoms with Crippen LogP contribution >= 0.6 is 0 Å². The minimum Gasteiger partial charge on any atom is -0.317 e. The first-order valence-electron chi connectivity index (χ1n) is 5.67. The van der Waals surface area contributed by atoms with Gasteiger partial charge in [0.05, 0.1) is 5.56 Å². The fourth-order valence-corrected chi connectivity index (χ4v) is 2.33. The van der Waals surface area contributed by atoms with Crippen LogP contribution in [0.5, 0.6) is 0 Å². The lowest BCUT2D eigenvalue weighted by atomic mass is 9.86. The van der Waals surface area contributed by atoms with Gasteiger partial charge in [-0.25, -0.2) is 8.78 Å². The predicted molar refractivity (Wildman–Crippen MR) is 56.2 cm³/mol. The summed E-state index contributed by atoms with van der Waals surface area (Å²) in [6.45, 7) is 1.17. The highest BCUT2D eigenvalue weighted by Crippen LogP contribution is 2.40. The Hall–Kier alpha value is -1.17. The van der Waals surface area contributed by atoms with Crippen molar-refractivity contribution in [3.63, 3.8) is 0 Å². The number of benzene rings is 1. The van der Waals surface area contributed by atoms with Gasteiger partial charge < -0.3 is 5.32 Å². The lowest BCUT2D eigenvalue weighted by Crippen LogP contribution is -2.28. The van der Waals surface area contributed by atoms with Crippen LogP contribution in [0.1, 0.15) is 29.9 Å². The quantitative estimate of drug-likeness (QED) is 0.767. The van der Waals surface area contributed by atoms with Crippen LogP contribution in [0.15, 0.2) is 12.1 Å². The molecule has 0 aromatic heterocycles. The summed E-state index contributed by atoms with van der Waals surface area (Å²) in [5, 5.41) is 3.02. The van der Waals surface area contributed by atoms with E-state index in [0.29, 0.717) is 25.9 Å². The van der Waals surface area contributed by atoms with Crippen molar-refractivity contribution in [3.05, 3.63) is 34.9 Å². The van der Waals surface area contributed by atoms with Gasteiger partial charge in [-0.3, -0.25) is 0 Å². The van der Waals surface area contributed by atoms with Crippen LogP contribution in [-0.2, 0) is 6.18 Å². The molecule has 0 atom stereocenters. The van der Waals surface area contributed by atoms with Crippen molar-refractivity contribution < 1.29 is 22.0 Å². The average Bonchev–Trinajstić information content (AvgIpc) is 2.32. The highest BCUT2D eigenvalue weighted by atomic mass is 19.4. The van der Waals surface area contributed by atoms with Gasteiger partial charge in [0, 0.05) is 0 Å². The van der Waals surface area contributed by atoms with Crippen LogP contribution in [-0.4, -0.2) is 13.1 Å². The molecule has 0 bridgehead atoms. The Labute approximate surface area is 101 Å². The third-order valence-corrected chi connectivity index (χ3v) is 3.19. The first-order chi connectivity index (χ1) is 8.41. The fourth-order valence-electron chi connectivity index (χ4n) is 2.33. The molecular weight excluding hydrogens is 253 g/mol. The molecule has 1 heterocycles. The topological polar surface area (TPSA) is 12.0 Å². The standard InChI is InChI=1S/C12H12F5N/c13-9-2-1-8(7-3-5-18-6-4-7)10(11(9)14)12(15,16)17/h1-2,7,18H,3-6H2. The van der Waals surface area contributed by atoms with Crippen molar-refractivity contribution in [2.24, 2.45) is 0 Å². The second-order valence-corrected chi connectivity index (χ2v) is 4.35. The Morgan fingerprint density at radius 2 is 1.67 bits per heavy atom. The smallest absolute Gasteiger partial charge is 0.317 e. The van der Waals surface area contributed by atoms with Crippen molar-refractivity contribution in [2.45, 2.75) is 24.9 Å². The van der Waals surface area contributed by atoms with Gasteiger partial charge >= 0.3 is 6.18 Å². The second-order valence-electron chi connectivity index (χ2n) is 4.35. The van der Waals surface area contributed by atoms with Crippen LogP contribution < -0.4 is 5.32 Å². The van der Waals surface area contributed by atoms with Gasteiger partial charge in [0.25, 0.3) is 0 Å². The highest BCUT2D eigenvalue weighted by Gasteiger charge is 2.39. The minimum absolute atomic E-state index is 0.136. The zero-order chi connectivity index (χ0) is 13.3. The van der Waals surface area contributed by atoms with E-state index in [9.17, 15) is 22.0 Å². The molecule has 0 spiro atoms. The summed E-state index contributed by atoms with van der Waals surface area (Å²) < 4.78 is 64.8. The van der Waals surface area contributed by atoms with E-state index in [4.69, 9.17) is 0 Å². The summed E-state index contributed by atoms with van der Waals surface area (Å²) in [5.41, 5.74) is -1.59. The molecule has 1 aliphatic rings. The van der Waals surface area contributed by atoms with Crippen molar-refractivity contribution in [3.8, 4) is 0 Å². The number of hydrogen-bond donors (Lipinski definition) is 1. The summed E-state index contributed by atoms with van der Waals surface area (Å²) >= 11 is 0. The zero-order valence-corrected chi connectivity index (χ0v) is 9.45. The highest BCUT2D eigenvalue weighted by molar-refractivity contribution is 5.35. The van der Waals surface area contributed by atoms with Crippen molar-refractivity contribution in [1.29, 1.82) is 0 Å². The molecule has 6 heteroatoms. The molecule has 0 aliphatic carbocycles. The van der Waals surface area contributed by atoms with Crippen LogP contribution in [0.3, 0.4) is 0 Å². The summed E-state index contributed by atoms with van der Waals surface area (Å²) in [5.74, 6) is -3.63. The Morgan fingerprint density at radius 3 is 2.22 bits per heavy atom. The number of rotatable bonds is 1. The molecule has 1 fully saturated rings. The van der Waals surface area contributed by atoms with Gasteiger partial charge in [-0.1, -0.05) is 6.07 Å². The van der Waals surface area contributed by atoms with E-state index in [1.165, 1.54) is 0 Å². The lowest BCUT2D eigenvalue weighted by molar-refractivity contribution is -0.141. The van der Waals surface area contributed by atoms with E-state index in [1.54, 1.807) is 0 Å². The summed E-state index contributed by atoms with van der Waals surface area (Å²) in [4.78, 5) is 0. The molecular formula is C12H12F5N. The monoisotopic (exact) mass is 265 g/mol. The van der Waals surface area contributed by atoms with E-state index in [1.807, 2.05) is 0 Å². The molecule has 1 nitrogen and oxygen atoms in total. The molecule has 0 radical (unpaired) electrons. The van der Waals surface area contributed by atoms with Gasteiger partial charge in [-0.2, -0.15) is 13.2 Å². The maximum absolute atomic E-state index is 13.4. The van der Waals surface area contributed by atoms with Crippen molar-refractivity contribution in [1.82, 2.24) is 5.32 Å². The van der Waals surface area contributed by atoms with Crippen LogP contribution in [0.25, 0.3) is 0 Å². The van der Waals surface area contributed by atoms with Gasteiger partial charge in [0.1, 0.15) is 0 Å². The SMILES string of the molecule is Fc1ccc(C2CCNCC2)c(C(F)(F)F)c1F. The Bertz CT molecular complexity index is 435. The largest absolute Gasteiger partial charge is 0.419 e. The van der Waals surface area contributed by atoms with Gasteiger partial charge in [-0.15, -0.1) is 0 Å². The first kappa shape index (κ1) is 13.3. The molecule has 1 saturated heterocycles. The average molecular weight is 265 g/mol. The third-order valence-electron chi connectivity index (χ3n) is 3.19. The molecule has 0 saturated carbocycles. The lowest BCUT2D eigenvalue weighted by Gasteiger charge is -2.26.